The van der Waals surface area contributed by atoms with Gasteiger partial charge in [0.15, 0.2) is 12.2 Å². The molecule has 0 bridgehead atoms. The van der Waals surface area contributed by atoms with Gasteiger partial charge in [0.25, 0.3) is 0 Å². The number of ether oxygens (including phenoxy) is 2. The first-order valence-electron chi connectivity index (χ1n) is 10.7. The maximum atomic E-state index is 11.5. The van der Waals surface area contributed by atoms with Crippen LogP contribution in [0.5, 0.6) is 0 Å². The molecular weight excluding hydrogens is 384 g/mol. The molecule has 6 atom stereocenters. The lowest BCUT2D eigenvalue weighted by atomic mass is 9.97. The van der Waals surface area contributed by atoms with E-state index in [-0.39, 0.29) is 6.42 Å². The van der Waals surface area contributed by atoms with Crippen molar-refractivity contribution in [3.05, 3.63) is 0 Å². The molecule has 1 aliphatic heterocycles. The summed E-state index contributed by atoms with van der Waals surface area (Å²) in [5.74, 6) is -4.18. The van der Waals surface area contributed by atoms with E-state index in [1.54, 1.807) is 0 Å². The average Bonchev–Trinajstić information content (AvgIpc) is 2.69. The Morgan fingerprint density at radius 1 is 0.966 bits per heavy atom. The van der Waals surface area contributed by atoms with Crippen LogP contribution in [0.3, 0.4) is 0 Å². The van der Waals surface area contributed by atoms with Crippen molar-refractivity contribution in [1.29, 1.82) is 0 Å². The minimum Gasteiger partial charge on any atom is -0.479 e. The number of unbranched alkanes of at least 4 members (excludes halogenated alkanes) is 9. The van der Waals surface area contributed by atoms with Gasteiger partial charge in [0.05, 0.1) is 6.61 Å². The first-order valence-corrected chi connectivity index (χ1v) is 10.7. The topological polar surface area (TPSA) is 157 Å². The van der Waals surface area contributed by atoms with Gasteiger partial charge in [-0.05, 0) is 6.42 Å². The maximum Gasteiger partial charge on any atom is 0.333 e. The third kappa shape index (κ3) is 8.45. The highest BCUT2D eigenvalue weighted by Gasteiger charge is 2.55. The highest BCUT2D eigenvalue weighted by Crippen LogP contribution is 2.31. The van der Waals surface area contributed by atoms with Crippen molar-refractivity contribution in [2.45, 2.75) is 114 Å². The Balaban J connectivity index is 2.40. The molecule has 1 heterocycles. The highest BCUT2D eigenvalue weighted by atomic mass is 16.8. The molecule has 1 aliphatic rings. The predicted octanol–water partition coefficient (Wildman–Crippen LogP) is 0.887. The zero-order chi connectivity index (χ0) is 21.9. The molecule has 29 heavy (non-hydrogen) atoms. The Labute approximate surface area is 172 Å². The van der Waals surface area contributed by atoms with Gasteiger partial charge in [-0.1, -0.05) is 71.1 Å². The van der Waals surface area contributed by atoms with Crippen LogP contribution < -0.4 is 0 Å². The Bertz CT molecular complexity index is 459. The van der Waals surface area contributed by atoms with Crippen LogP contribution in [-0.4, -0.2) is 79.7 Å². The van der Waals surface area contributed by atoms with Crippen molar-refractivity contribution < 1.29 is 44.9 Å². The molecule has 2 unspecified atom stereocenters. The Morgan fingerprint density at radius 3 is 1.97 bits per heavy atom. The minimum absolute atomic E-state index is 0.0899. The zero-order valence-corrected chi connectivity index (χ0v) is 17.3. The van der Waals surface area contributed by atoms with Crippen LogP contribution in [0.25, 0.3) is 0 Å². The van der Waals surface area contributed by atoms with Gasteiger partial charge in [-0.2, -0.15) is 0 Å². The Morgan fingerprint density at radius 2 is 1.48 bits per heavy atom. The van der Waals surface area contributed by atoms with Gasteiger partial charge in [-0.3, -0.25) is 0 Å². The Hall–Kier alpha value is -0.810. The molecule has 0 aromatic carbocycles. The summed E-state index contributed by atoms with van der Waals surface area (Å²) in [5.41, 5.74) is 0. The van der Waals surface area contributed by atoms with Crippen LogP contribution >= 0.6 is 0 Å². The molecule has 0 aromatic heterocycles. The van der Waals surface area contributed by atoms with E-state index >= 15 is 0 Å². The molecule has 9 nitrogen and oxygen atoms in total. The van der Waals surface area contributed by atoms with Gasteiger partial charge in [0.2, 0.25) is 0 Å². The van der Waals surface area contributed by atoms with Gasteiger partial charge in [0.1, 0.15) is 18.3 Å². The minimum atomic E-state index is -2.84. The first-order chi connectivity index (χ1) is 13.8. The quantitative estimate of drug-likeness (QED) is 0.166. The lowest BCUT2D eigenvalue weighted by molar-refractivity contribution is -0.455. The predicted molar refractivity (Wildman–Crippen MR) is 104 cm³/mol. The molecule has 1 saturated heterocycles. The number of aliphatic hydroxyl groups excluding tert-OH is 4. The molecule has 0 amide bonds. The van der Waals surface area contributed by atoms with Crippen molar-refractivity contribution in [1.82, 2.24) is 0 Å². The molecule has 172 valence electrons. The number of rotatable bonds is 15. The van der Waals surface area contributed by atoms with E-state index in [1.807, 2.05) is 0 Å². The summed E-state index contributed by atoms with van der Waals surface area (Å²) in [4.78, 5) is 11.5. The van der Waals surface area contributed by atoms with Gasteiger partial charge < -0.3 is 40.1 Å². The molecule has 1 fully saturated rings. The van der Waals surface area contributed by atoms with Gasteiger partial charge >= 0.3 is 11.9 Å². The first kappa shape index (κ1) is 26.2. The number of hydrogen-bond acceptors (Lipinski definition) is 8. The van der Waals surface area contributed by atoms with Crippen molar-refractivity contribution in [2.24, 2.45) is 0 Å². The van der Waals surface area contributed by atoms with E-state index in [2.05, 4.69) is 6.92 Å². The molecule has 0 radical (unpaired) electrons. The summed E-state index contributed by atoms with van der Waals surface area (Å²) >= 11 is 0. The highest BCUT2D eigenvalue weighted by molar-refractivity contribution is 5.72. The lowest BCUT2D eigenvalue weighted by Gasteiger charge is -2.45. The molecular formula is C20H38O9. The summed E-state index contributed by atoms with van der Waals surface area (Å²) in [7, 11) is 0. The van der Waals surface area contributed by atoms with Crippen LogP contribution in [-0.2, 0) is 14.3 Å². The van der Waals surface area contributed by atoms with E-state index in [4.69, 9.17) is 9.47 Å². The molecule has 9 heteroatoms. The van der Waals surface area contributed by atoms with E-state index in [0.717, 1.165) is 25.7 Å². The van der Waals surface area contributed by atoms with Gasteiger partial charge in [-0.15, -0.1) is 0 Å². The van der Waals surface area contributed by atoms with E-state index in [0.29, 0.717) is 6.42 Å². The summed E-state index contributed by atoms with van der Waals surface area (Å²) in [5, 5.41) is 58.4. The monoisotopic (exact) mass is 422 g/mol. The van der Waals surface area contributed by atoms with Crippen molar-refractivity contribution in [2.75, 3.05) is 6.61 Å². The second-order valence-corrected chi connectivity index (χ2v) is 7.81. The molecule has 0 aliphatic carbocycles. The SMILES string of the molecule is CCCCCCCCCCCCC(OC1(O)O[C@H](CO)[C@@H](O)[C@H](O)[C@H]1O)C(=O)O. The second-order valence-electron chi connectivity index (χ2n) is 7.81. The van der Waals surface area contributed by atoms with Crippen molar-refractivity contribution in [3.63, 3.8) is 0 Å². The number of carboxylic acid groups (broad SMARTS) is 1. The lowest BCUT2D eigenvalue weighted by Crippen LogP contribution is -2.67. The summed E-state index contributed by atoms with van der Waals surface area (Å²) in [6.45, 7) is 1.43. The summed E-state index contributed by atoms with van der Waals surface area (Å²) in [6.07, 6.45) is 2.40. The number of hydrogen-bond donors (Lipinski definition) is 6. The van der Waals surface area contributed by atoms with Crippen LogP contribution in [0.4, 0.5) is 0 Å². The molecule has 0 aromatic rings. The zero-order valence-electron chi connectivity index (χ0n) is 17.3. The maximum absolute atomic E-state index is 11.5. The van der Waals surface area contributed by atoms with E-state index < -0.39 is 49.1 Å². The molecule has 6 N–H and O–H groups in total. The molecule has 0 spiro atoms. The fourth-order valence-corrected chi connectivity index (χ4v) is 3.48. The van der Waals surface area contributed by atoms with Crippen LogP contribution in [0.1, 0.15) is 77.6 Å². The third-order valence-corrected chi connectivity index (χ3v) is 5.33. The van der Waals surface area contributed by atoms with Gasteiger partial charge in [0, 0.05) is 0 Å². The van der Waals surface area contributed by atoms with Crippen molar-refractivity contribution in [3.8, 4) is 0 Å². The fourth-order valence-electron chi connectivity index (χ4n) is 3.48. The molecule has 0 saturated carbocycles. The smallest absolute Gasteiger partial charge is 0.333 e. The number of carboxylic acids is 1. The average molecular weight is 423 g/mol. The summed E-state index contributed by atoms with van der Waals surface area (Å²) < 4.78 is 10.0. The fraction of sp³-hybridized carbons (Fsp3) is 0.950. The van der Waals surface area contributed by atoms with Gasteiger partial charge in [-0.25, -0.2) is 4.79 Å². The third-order valence-electron chi connectivity index (χ3n) is 5.33. The van der Waals surface area contributed by atoms with Crippen molar-refractivity contribution >= 4 is 5.97 Å². The van der Waals surface area contributed by atoms with Crippen LogP contribution in [0, 0.1) is 0 Å². The molecule has 1 rings (SSSR count). The standard InChI is InChI=1S/C20H38O9/c1-2-3-4-5-6-7-8-9-10-11-12-14(19(25)26)28-20(27)18(24)17(23)16(22)15(13-21)29-20/h14-18,21-24,27H,2-13H2,1H3,(H,25,26)/t14?,15-,16-,17+,18-,20?/m1/s1. The normalized spacial score (nSPS) is 31.0. The Kier molecular flexibility index (Phi) is 12.2. The van der Waals surface area contributed by atoms with E-state index in [9.17, 15) is 35.4 Å². The number of carbonyl (C=O) groups is 1. The number of aliphatic hydroxyl groups is 5. The van der Waals surface area contributed by atoms with Crippen LogP contribution in [0.2, 0.25) is 0 Å². The number of aliphatic carboxylic acids is 1. The van der Waals surface area contributed by atoms with E-state index in [1.165, 1.54) is 32.1 Å². The summed E-state index contributed by atoms with van der Waals surface area (Å²) in [6, 6.07) is 0. The van der Waals surface area contributed by atoms with Crippen LogP contribution in [0.15, 0.2) is 0 Å². The largest absolute Gasteiger partial charge is 0.479 e. The second kappa shape index (κ2) is 13.5.